The second-order valence-corrected chi connectivity index (χ2v) is 20.3. The molecule has 0 saturated heterocycles. The number of anilines is 3. The van der Waals surface area contributed by atoms with Crippen LogP contribution >= 0.6 is 0 Å². The molecule has 1 heterocycles. The van der Waals surface area contributed by atoms with Crippen LogP contribution in [0, 0.1) is 0 Å². The molecule has 12 aromatic carbocycles. The lowest BCUT2D eigenvalue weighted by molar-refractivity contribution is 0.669. The Hall–Kier alpha value is -9.76. The van der Waals surface area contributed by atoms with Gasteiger partial charge in [0.2, 0.25) is 0 Å². The topological polar surface area (TPSA) is 16.4 Å². The zero-order valence-corrected chi connectivity index (χ0v) is 41.6. The third-order valence-electron chi connectivity index (χ3n) is 16.4. The number of benzene rings is 12. The van der Waals surface area contributed by atoms with Gasteiger partial charge in [0.05, 0.1) is 16.5 Å². The minimum Gasteiger partial charge on any atom is -0.456 e. The van der Waals surface area contributed by atoms with E-state index in [4.69, 9.17) is 4.42 Å². The molecule has 15 rings (SSSR count). The molecular weight excluding hydrogens is 919 g/mol. The van der Waals surface area contributed by atoms with Gasteiger partial charge < -0.3 is 9.32 Å². The maximum absolute atomic E-state index is 6.21. The molecule has 0 fully saturated rings. The fourth-order valence-corrected chi connectivity index (χ4v) is 13.2. The molecule has 0 atom stereocenters. The van der Waals surface area contributed by atoms with Crippen molar-refractivity contribution in [2.24, 2.45) is 0 Å². The number of furan rings is 1. The van der Waals surface area contributed by atoms with Gasteiger partial charge in [0.1, 0.15) is 11.2 Å². The Morgan fingerprint density at radius 2 is 0.724 bits per heavy atom. The van der Waals surface area contributed by atoms with Gasteiger partial charge in [-0.15, -0.1) is 0 Å². The first-order chi connectivity index (χ1) is 37.7. The molecule has 0 saturated carbocycles. The molecule has 0 aliphatic heterocycles. The van der Waals surface area contributed by atoms with E-state index in [1.54, 1.807) is 0 Å². The Kier molecular flexibility index (Phi) is 10.0. The highest BCUT2D eigenvalue weighted by molar-refractivity contribution is 6.06. The second kappa shape index (κ2) is 17.4. The molecule has 1 aromatic heterocycles. The summed E-state index contributed by atoms with van der Waals surface area (Å²) in [6.45, 7) is 0. The first kappa shape index (κ1) is 43.8. The summed E-state index contributed by atoms with van der Waals surface area (Å²) in [6, 6.07) is 110. The lowest BCUT2D eigenvalue weighted by Crippen LogP contribution is -2.29. The van der Waals surface area contributed by atoms with Crippen molar-refractivity contribution in [3.63, 3.8) is 0 Å². The summed E-state index contributed by atoms with van der Waals surface area (Å²) in [5.74, 6) is 0. The van der Waals surface area contributed by atoms with Crippen molar-refractivity contribution in [1.82, 2.24) is 0 Å². The largest absolute Gasteiger partial charge is 0.456 e. The number of hydrogen-bond donors (Lipinski definition) is 0. The number of hydrogen-bond acceptors (Lipinski definition) is 2. The summed E-state index contributed by atoms with van der Waals surface area (Å²) < 4.78 is 6.21. The van der Waals surface area contributed by atoms with E-state index in [1.807, 2.05) is 12.1 Å². The van der Waals surface area contributed by atoms with Crippen LogP contribution in [-0.4, -0.2) is 0 Å². The number of fused-ring (bicyclic) bond motifs is 9. The highest BCUT2D eigenvalue weighted by atomic mass is 16.3. The van der Waals surface area contributed by atoms with E-state index in [0.717, 1.165) is 61.3 Å². The molecule has 2 aliphatic carbocycles. The Morgan fingerprint density at radius 3 is 1.38 bits per heavy atom. The van der Waals surface area contributed by atoms with Crippen LogP contribution in [0.15, 0.2) is 302 Å². The van der Waals surface area contributed by atoms with Crippen molar-refractivity contribution in [2.75, 3.05) is 4.90 Å². The SMILES string of the molecule is c1ccc(C2(c3ccccc3)c3ccccc3-c3ccc(N(c4ccc(-c5cccc(-c6ccc7oc8ccccc8c7c6)c5)cc4)c4cccc5c4-c4ccccc4C5(c4ccccc4)c4ccccc4)cc32)cc1. The third-order valence-corrected chi connectivity index (χ3v) is 16.4. The first-order valence-corrected chi connectivity index (χ1v) is 26.3. The van der Waals surface area contributed by atoms with Crippen molar-refractivity contribution < 1.29 is 4.42 Å². The Bertz CT molecular complexity index is 4250. The summed E-state index contributed by atoms with van der Waals surface area (Å²) in [6.07, 6.45) is 0. The van der Waals surface area contributed by atoms with Crippen LogP contribution in [0.2, 0.25) is 0 Å². The standard InChI is InChI=1S/C74H49NO/c1-5-23-54(24-6-1)73(55-25-7-2-8-26-55)66-35-17-14-33-63(66)72-67(73)36-20-37-69(72)75(58-42-39-50(40-43-58)51-21-19-22-52(47-51)53-41-46-71-64(48-53)62-32-15-18-38-70(62)76-71)59-44-45-61-60-31-13-16-34-65(60)74(68(61)49-59,56-27-9-3-10-28-56)57-29-11-4-12-30-57/h1-49H. The quantitative estimate of drug-likeness (QED) is 0.143. The normalized spacial score (nSPS) is 13.5. The van der Waals surface area contributed by atoms with E-state index in [-0.39, 0.29) is 0 Å². The summed E-state index contributed by atoms with van der Waals surface area (Å²) in [5.41, 5.74) is 23.6. The summed E-state index contributed by atoms with van der Waals surface area (Å²) in [7, 11) is 0. The molecular formula is C74H49NO. The zero-order chi connectivity index (χ0) is 50.2. The molecule has 76 heavy (non-hydrogen) atoms. The van der Waals surface area contributed by atoms with E-state index in [0.29, 0.717) is 0 Å². The summed E-state index contributed by atoms with van der Waals surface area (Å²) in [5, 5.41) is 2.26. The van der Waals surface area contributed by atoms with E-state index < -0.39 is 10.8 Å². The van der Waals surface area contributed by atoms with Gasteiger partial charge in [-0.1, -0.05) is 243 Å². The average molecular weight is 968 g/mol. The van der Waals surface area contributed by atoms with Crippen molar-refractivity contribution in [2.45, 2.75) is 10.8 Å². The fraction of sp³-hybridized carbons (Fsp3) is 0.0270. The van der Waals surface area contributed by atoms with Gasteiger partial charge in [0.25, 0.3) is 0 Å². The Labute approximate surface area is 443 Å². The van der Waals surface area contributed by atoms with Gasteiger partial charge in [-0.25, -0.2) is 0 Å². The van der Waals surface area contributed by atoms with Crippen LogP contribution in [0.5, 0.6) is 0 Å². The Balaban J connectivity index is 0.950. The van der Waals surface area contributed by atoms with Gasteiger partial charge >= 0.3 is 0 Å². The predicted molar refractivity (Wildman–Crippen MR) is 314 cm³/mol. The Morgan fingerprint density at radius 1 is 0.263 bits per heavy atom. The van der Waals surface area contributed by atoms with Gasteiger partial charge in [0, 0.05) is 27.7 Å². The molecule has 2 aliphatic rings. The van der Waals surface area contributed by atoms with Gasteiger partial charge in [-0.05, 0) is 138 Å². The van der Waals surface area contributed by atoms with E-state index in [9.17, 15) is 0 Å². The van der Waals surface area contributed by atoms with E-state index in [1.165, 1.54) is 66.8 Å². The van der Waals surface area contributed by atoms with Crippen molar-refractivity contribution >= 4 is 39.0 Å². The first-order valence-electron chi connectivity index (χ1n) is 26.3. The number of para-hydroxylation sites is 1. The lowest BCUT2D eigenvalue weighted by atomic mass is 9.67. The molecule has 2 nitrogen and oxygen atoms in total. The van der Waals surface area contributed by atoms with Crippen molar-refractivity contribution in [3.05, 3.63) is 342 Å². The minimum absolute atomic E-state index is 0.560. The zero-order valence-electron chi connectivity index (χ0n) is 41.6. The third kappa shape index (κ3) is 6.47. The predicted octanol–water partition coefficient (Wildman–Crippen LogP) is 19.1. The van der Waals surface area contributed by atoms with Gasteiger partial charge in [-0.2, -0.15) is 0 Å². The minimum atomic E-state index is -0.568. The van der Waals surface area contributed by atoms with Crippen LogP contribution in [0.3, 0.4) is 0 Å². The smallest absolute Gasteiger partial charge is 0.135 e. The van der Waals surface area contributed by atoms with Crippen LogP contribution in [-0.2, 0) is 10.8 Å². The molecule has 0 amide bonds. The average Bonchev–Trinajstić information content (AvgIpc) is 4.19. The molecule has 0 radical (unpaired) electrons. The van der Waals surface area contributed by atoms with E-state index in [2.05, 4.69) is 290 Å². The summed E-state index contributed by atoms with van der Waals surface area (Å²) >= 11 is 0. The van der Waals surface area contributed by atoms with Gasteiger partial charge in [-0.3, -0.25) is 0 Å². The molecule has 0 spiro atoms. The number of nitrogens with zero attached hydrogens (tertiary/aromatic N) is 1. The van der Waals surface area contributed by atoms with Crippen LogP contribution in [0.1, 0.15) is 44.5 Å². The molecule has 356 valence electrons. The monoisotopic (exact) mass is 967 g/mol. The summed E-state index contributed by atoms with van der Waals surface area (Å²) in [4.78, 5) is 2.52. The molecule has 13 aromatic rings. The highest BCUT2D eigenvalue weighted by Gasteiger charge is 2.49. The maximum atomic E-state index is 6.21. The van der Waals surface area contributed by atoms with Crippen molar-refractivity contribution in [1.29, 1.82) is 0 Å². The molecule has 2 heteroatoms. The molecule has 0 N–H and O–H groups in total. The van der Waals surface area contributed by atoms with Crippen LogP contribution in [0.4, 0.5) is 17.1 Å². The van der Waals surface area contributed by atoms with Crippen LogP contribution < -0.4 is 4.90 Å². The highest BCUT2D eigenvalue weighted by Crippen LogP contribution is 2.61. The molecule has 0 bridgehead atoms. The van der Waals surface area contributed by atoms with Crippen LogP contribution in [0.25, 0.3) is 66.4 Å². The fourth-order valence-electron chi connectivity index (χ4n) is 13.2. The second-order valence-electron chi connectivity index (χ2n) is 20.3. The number of rotatable bonds is 9. The van der Waals surface area contributed by atoms with Gasteiger partial charge in [0.15, 0.2) is 0 Å². The van der Waals surface area contributed by atoms with E-state index >= 15 is 0 Å². The van der Waals surface area contributed by atoms with Crippen molar-refractivity contribution in [3.8, 4) is 44.5 Å². The molecule has 0 unspecified atom stereocenters. The lowest BCUT2D eigenvalue weighted by Gasteiger charge is -2.35. The maximum Gasteiger partial charge on any atom is 0.135 e.